The summed E-state index contributed by atoms with van der Waals surface area (Å²) in [5, 5.41) is 13.5. The highest BCUT2D eigenvalue weighted by Crippen LogP contribution is 2.41. The topological polar surface area (TPSA) is 62.3 Å². The van der Waals surface area contributed by atoms with E-state index in [2.05, 4.69) is 4.98 Å². The Balaban J connectivity index is 1.98. The van der Waals surface area contributed by atoms with Crippen LogP contribution in [-0.4, -0.2) is 17.2 Å². The first-order valence-electron chi connectivity index (χ1n) is 7.75. The molecule has 0 radical (unpaired) electrons. The summed E-state index contributed by atoms with van der Waals surface area (Å²) < 4.78 is 5.15. The quantitative estimate of drug-likeness (QED) is 0.566. The van der Waals surface area contributed by atoms with Gasteiger partial charge in [-0.1, -0.05) is 42.5 Å². The van der Waals surface area contributed by atoms with Gasteiger partial charge in [0.05, 0.1) is 18.1 Å². The minimum Gasteiger partial charge on any atom is -0.506 e. The standard InChI is InChI=1S/C20H15NO3S/c1-24-14-9-7-13(8-10-14)16-18(22)17-15(12-5-3-2-4-6-12)11-25-20(17)21-19(16)23/h2-11H,1H3,(H2,21,22,23). The van der Waals surface area contributed by atoms with Crippen molar-refractivity contribution < 1.29 is 9.84 Å². The first-order chi connectivity index (χ1) is 12.2. The second kappa shape index (κ2) is 6.11. The van der Waals surface area contributed by atoms with Crippen molar-refractivity contribution in [3.05, 3.63) is 70.3 Å². The summed E-state index contributed by atoms with van der Waals surface area (Å²) in [6, 6.07) is 16.9. The normalized spacial score (nSPS) is 10.9. The van der Waals surface area contributed by atoms with Crippen LogP contribution in [0.3, 0.4) is 0 Å². The number of rotatable bonds is 3. The van der Waals surface area contributed by atoms with E-state index >= 15 is 0 Å². The number of methoxy groups -OCH3 is 1. The highest BCUT2D eigenvalue weighted by molar-refractivity contribution is 7.17. The van der Waals surface area contributed by atoms with Crippen molar-refractivity contribution >= 4 is 21.6 Å². The zero-order valence-corrected chi connectivity index (χ0v) is 14.3. The Morgan fingerprint density at radius 1 is 1.00 bits per heavy atom. The van der Waals surface area contributed by atoms with Crippen LogP contribution in [0.25, 0.3) is 32.5 Å². The van der Waals surface area contributed by atoms with Crippen LogP contribution >= 0.6 is 11.3 Å². The van der Waals surface area contributed by atoms with Gasteiger partial charge in [0.15, 0.2) is 0 Å². The largest absolute Gasteiger partial charge is 0.506 e. The van der Waals surface area contributed by atoms with E-state index in [4.69, 9.17) is 4.74 Å². The molecule has 2 aromatic carbocycles. The molecule has 4 aromatic rings. The van der Waals surface area contributed by atoms with Crippen molar-refractivity contribution in [2.45, 2.75) is 0 Å². The molecular formula is C20H15NO3S. The van der Waals surface area contributed by atoms with Crippen LogP contribution in [0.15, 0.2) is 64.8 Å². The van der Waals surface area contributed by atoms with E-state index < -0.39 is 0 Å². The van der Waals surface area contributed by atoms with Crippen LogP contribution in [-0.2, 0) is 0 Å². The number of fused-ring (bicyclic) bond motifs is 1. The lowest BCUT2D eigenvalue weighted by molar-refractivity contribution is 0.415. The molecule has 0 aliphatic heterocycles. The summed E-state index contributed by atoms with van der Waals surface area (Å²) >= 11 is 1.41. The number of aromatic nitrogens is 1. The Morgan fingerprint density at radius 3 is 2.40 bits per heavy atom. The second-order valence-electron chi connectivity index (χ2n) is 5.63. The van der Waals surface area contributed by atoms with Gasteiger partial charge in [0, 0.05) is 10.9 Å². The van der Waals surface area contributed by atoms with Crippen LogP contribution in [0, 0.1) is 0 Å². The molecule has 0 unspecified atom stereocenters. The predicted octanol–water partition coefficient (Wildman–Crippen LogP) is 4.64. The maximum absolute atomic E-state index is 12.5. The number of aromatic amines is 1. The van der Waals surface area contributed by atoms with Gasteiger partial charge in [0.25, 0.3) is 5.56 Å². The van der Waals surface area contributed by atoms with Crippen molar-refractivity contribution in [3.63, 3.8) is 0 Å². The molecular weight excluding hydrogens is 334 g/mol. The lowest BCUT2D eigenvalue weighted by atomic mass is 10.0. The highest BCUT2D eigenvalue weighted by atomic mass is 32.1. The molecule has 0 spiro atoms. The average Bonchev–Trinajstić information content (AvgIpc) is 3.07. The molecule has 0 fully saturated rings. The van der Waals surface area contributed by atoms with Crippen molar-refractivity contribution in [2.24, 2.45) is 0 Å². The summed E-state index contributed by atoms with van der Waals surface area (Å²) in [4.78, 5) is 16.1. The number of aromatic hydroxyl groups is 1. The molecule has 0 bridgehead atoms. The van der Waals surface area contributed by atoms with Gasteiger partial charge in [-0.2, -0.15) is 0 Å². The minimum absolute atomic E-state index is 0.00372. The van der Waals surface area contributed by atoms with E-state index in [1.807, 2.05) is 35.7 Å². The second-order valence-corrected chi connectivity index (χ2v) is 6.51. The van der Waals surface area contributed by atoms with E-state index in [1.54, 1.807) is 31.4 Å². The summed E-state index contributed by atoms with van der Waals surface area (Å²) in [5.41, 5.74) is 2.51. The Hall–Kier alpha value is -3.05. The smallest absolute Gasteiger partial charge is 0.260 e. The summed E-state index contributed by atoms with van der Waals surface area (Å²) in [6.07, 6.45) is 0. The van der Waals surface area contributed by atoms with Gasteiger partial charge in [0.1, 0.15) is 16.3 Å². The Morgan fingerprint density at radius 2 is 1.72 bits per heavy atom. The van der Waals surface area contributed by atoms with Crippen molar-refractivity contribution in [1.82, 2.24) is 4.98 Å². The van der Waals surface area contributed by atoms with Crippen LogP contribution < -0.4 is 10.3 Å². The average molecular weight is 349 g/mol. The van der Waals surface area contributed by atoms with Crippen molar-refractivity contribution in [3.8, 4) is 33.8 Å². The van der Waals surface area contributed by atoms with Crippen LogP contribution in [0.1, 0.15) is 0 Å². The van der Waals surface area contributed by atoms with Crippen molar-refractivity contribution in [2.75, 3.05) is 7.11 Å². The van der Waals surface area contributed by atoms with Crippen LogP contribution in [0.2, 0.25) is 0 Å². The van der Waals surface area contributed by atoms with Crippen LogP contribution in [0.4, 0.5) is 0 Å². The van der Waals surface area contributed by atoms with E-state index in [-0.39, 0.29) is 16.9 Å². The number of hydrogen-bond acceptors (Lipinski definition) is 4. The van der Waals surface area contributed by atoms with E-state index in [1.165, 1.54) is 11.3 Å². The molecule has 0 aliphatic carbocycles. The number of thiophene rings is 1. The molecule has 0 saturated heterocycles. The Kier molecular flexibility index (Phi) is 3.78. The van der Waals surface area contributed by atoms with Crippen LogP contribution in [0.5, 0.6) is 11.5 Å². The zero-order valence-electron chi connectivity index (χ0n) is 13.4. The molecule has 2 aromatic heterocycles. The molecule has 2 N–H and O–H groups in total. The maximum atomic E-state index is 12.5. The van der Waals surface area contributed by atoms with Crippen molar-refractivity contribution in [1.29, 1.82) is 0 Å². The molecule has 0 aliphatic rings. The number of nitrogens with one attached hydrogen (secondary N) is 1. The molecule has 0 atom stereocenters. The maximum Gasteiger partial charge on any atom is 0.260 e. The lowest BCUT2D eigenvalue weighted by Crippen LogP contribution is -2.08. The van der Waals surface area contributed by atoms with Gasteiger partial charge < -0.3 is 14.8 Å². The molecule has 2 heterocycles. The number of hydrogen-bond donors (Lipinski definition) is 2. The minimum atomic E-state index is -0.309. The third kappa shape index (κ3) is 2.58. The summed E-state index contributed by atoms with van der Waals surface area (Å²) in [7, 11) is 1.59. The van der Waals surface area contributed by atoms with Gasteiger partial charge in [-0.3, -0.25) is 4.79 Å². The van der Waals surface area contributed by atoms with Gasteiger partial charge in [-0.25, -0.2) is 0 Å². The van der Waals surface area contributed by atoms with Gasteiger partial charge >= 0.3 is 0 Å². The van der Waals surface area contributed by atoms with Gasteiger partial charge in [-0.05, 0) is 23.3 Å². The molecule has 0 amide bonds. The first kappa shape index (κ1) is 15.5. The monoisotopic (exact) mass is 349 g/mol. The molecule has 124 valence electrons. The van der Waals surface area contributed by atoms with E-state index in [0.29, 0.717) is 21.5 Å². The number of pyridine rings is 1. The third-order valence-corrected chi connectivity index (χ3v) is 5.08. The van der Waals surface area contributed by atoms with E-state index in [0.717, 1.165) is 11.1 Å². The Labute approximate surface area is 148 Å². The SMILES string of the molecule is COc1ccc(-c2c(O)c3c(-c4ccccc4)csc3[nH]c2=O)cc1. The number of H-pyrrole nitrogens is 1. The molecule has 25 heavy (non-hydrogen) atoms. The summed E-state index contributed by atoms with van der Waals surface area (Å²) in [6.45, 7) is 0. The summed E-state index contributed by atoms with van der Waals surface area (Å²) in [5.74, 6) is 0.699. The fourth-order valence-electron chi connectivity index (χ4n) is 2.94. The highest BCUT2D eigenvalue weighted by Gasteiger charge is 2.18. The third-order valence-electron chi connectivity index (χ3n) is 4.18. The number of benzene rings is 2. The van der Waals surface area contributed by atoms with Gasteiger partial charge in [0.2, 0.25) is 0 Å². The molecule has 0 saturated carbocycles. The fraction of sp³-hybridized carbons (Fsp3) is 0.0500. The number of ether oxygens (including phenoxy) is 1. The lowest BCUT2D eigenvalue weighted by Gasteiger charge is -2.08. The molecule has 4 nitrogen and oxygen atoms in total. The molecule has 5 heteroatoms. The first-order valence-corrected chi connectivity index (χ1v) is 8.63. The van der Waals surface area contributed by atoms with E-state index in [9.17, 15) is 9.90 Å². The molecule has 4 rings (SSSR count). The predicted molar refractivity (Wildman–Crippen MR) is 102 cm³/mol. The zero-order chi connectivity index (χ0) is 17.4. The van der Waals surface area contributed by atoms with Gasteiger partial charge in [-0.15, -0.1) is 11.3 Å². The Bertz CT molecular complexity index is 1100. The fourth-order valence-corrected chi connectivity index (χ4v) is 3.90.